The fourth-order valence-corrected chi connectivity index (χ4v) is 5.33. The number of aromatic amines is 1. The van der Waals surface area contributed by atoms with Gasteiger partial charge in [0.25, 0.3) is 0 Å². The highest BCUT2D eigenvalue weighted by molar-refractivity contribution is 5.85. The van der Waals surface area contributed by atoms with Crippen molar-refractivity contribution in [3.8, 4) is 5.75 Å². The standard InChI is InChI=1S/C34H50N2O5/c1-4-5-6-7-8-9-10-11-12-13-14-15-16-17-18-19-33(37)40-27(2)41-34(38)36-23-22-28(26-36)31-25-35-32-21-20-29(39-3)24-30(31)32/h8-9,11-12,20-21,24-25,27-28,35H,4-7,10,13-19,22-23,26H2,1-3H3/b9-8-,12-11-/t27?,28-/m0/s1. The van der Waals surface area contributed by atoms with Gasteiger partial charge in [0.2, 0.25) is 6.29 Å². The summed E-state index contributed by atoms with van der Waals surface area (Å²) in [6.45, 7) is 5.01. The van der Waals surface area contributed by atoms with Crippen LogP contribution < -0.4 is 4.74 Å². The highest BCUT2D eigenvalue weighted by atomic mass is 16.7. The number of allylic oxidation sites excluding steroid dienone is 4. The Bertz CT molecular complexity index is 1120. The number of aromatic nitrogens is 1. The SMILES string of the molecule is CCCCC/C=C\C/C=C\CCCCCCCC(=O)OC(C)OC(=O)N1CC[C@H](c2c[nH]c3ccc(OC)cc23)C1. The van der Waals surface area contributed by atoms with Crippen molar-refractivity contribution in [2.45, 2.75) is 110 Å². The third-order valence-corrected chi connectivity index (χ3v) is 7.70. The van der Waals surface area contributed by atoms with Crippen LogP contribution in [0.25, 0.3) is 10.9 Å². The zero-order valence-electron chi connectivity index (χ0n) is 25.4. The van der Waals surface area contributed by atoms with Crippen molar-refractivity contribution in [2.75, 3.05) is 20.2 Å². The van der Waals surface area contributed by atoms with E-state index in [1.165, 1.54) is 44.1 Å². The zero-order valence-corrected chi connectivity index (χ0v) is 25.4. The lowest BCUT2D eigenvalue weighted by Crippen LogP contribution is -2.33. The fraction of sp³-hybridized carbons (Fsp3) is 0.588. The summed E-state index contributed by atoms with van der Waals surface area (Å²) in [5.74, 6) is 0.700. The maximum Gasteiger partial charge on any atom is 0.412 e. The number of rotatable bonds is 18. The molecule has 1 aliphatic heterocycles. The van der Waals surface area contributed by atoms with Crippen molar-refractivity contribution in [3.63, 3.8) is 0 Å². The Labute approximate surface area is 246 Å². The molecule has 1 unspecified atom stereocenters. The number of carbonyl (C=O) groups excluding carboxylic acids is 2. The molecule has 1 fully saturated rings. The minimum Gasteiger partial charge on any atom is -0.497 e. The first-order valence-electron chi connectivity index (χ1n) is 15.6. The normalized spacial score (nSPS) is 16.2. The predicted molar refractivity (Wildman–Crippen MR) is 165 cm³/mol. The van der Waals surface area contributed by atoms with E-state index in [1.54, 1.807) is 18.9 Å². The Kier molecular flexibility index (Phi) is 14.4. The average Bonchev–Trinajstić information content (AvgIpc) is 3.62. The van der Waals surface area contributed by atoms with Crippen LogP contribution in [-0.2, 0) is 14.3 Å². The molecule has 7 heteroatoms. The van der Waals surface area contributed by atoms with E-state index in [0.717, 1.165) is 55.2 Å². The summed E-state index contributed by atoms with van der Waals surface area (Å²) in [6.07, 6.45) is 23.5. The number of hydrogen-bond acceptors (Lipinski definition) is 5. The molecule has 0 radical (unpaired) electrons. The molecule has 1 aromatic heterocycles. The lowest BCUT2D eigenvalue weighted by Gasteiger charge is -2.20. The van der Waals surface area contributed by atoms with E-state index in [1.807, 2.05) is 24.4 Å². The molecule has 0 bridgehead atoms. The summed E-state index contributed by atoms with van der Waals surface area (Å²) >= 11 is 0. The Balaban J connectivity index is 1.23. The highest BCUT2D eigenvalue weighted by Crippen LogP contribution is 2.34. The summed E-state index contributed by atoms with van der Waals surface area (Å²) in [5.41, 5.74) is 2.22. The number of carbonyl (C=O) groups is 2. The molecule has 2 atom stereocenters. The number of methoxy groups -OCH3 is 1. The van der Waals surface area contributed by atoms with Gasteiger partial charge < -0.3 is 24.1 Å². The second-order valence-corrected chi connectivity index (χ2v) is 11.0. The lowest BCUT2D eigenvalue weighted by molar-refractivity contribution is -0.166. The van der Waals surface area contributed by atoms with Gasteiger partial charge in [-0.05, 0) is 68.7 Å². The molecule has 3 rings (SSSR count). The van der Waals surface area contributed by atoms with Gasteiger partial charge >= 0.3 is 12.1 Å². The Morgan fingerprint density at radius 2 is 1.73 bits per heavy atom. The van der Waals surface area contributed by atoms with Gasteiger partial charge in [-0.1, -0.05) is 63.3 Å². The summed E-state index contributed by atoms with van der Waals surface area (Å²) in [7, 11) is 1.66. The maximum absolute atomic E-state index is 12.7. The van der Waals surface area contributed by atoms with Crippen molar-refractivity contribution < 1.29 is 23.8 Å². The molecule has 0 spiro atoms. The summed E-state index contributed by atoms with van der Waals surface area (Å²) < 4.78 is 16.1. The first-order chi connectivity index (χ1) is 20.0. The second-order valence-electron chi connectivity index (χ2n) is 11.0. The van der Waals surface area contributed by atoms with Gasteiger partial charge in [-0.25, -0.2) is 4.79 Å². The number of H-pyrrole nitrogens is 1. The van der Waals surface area contributed by atoms with Crippen LogP contribution in [-0.4, -0.2) is 48.4 Å². The predicted octanol–water partition coefficient (Wildman–Crippen LogP) is 8.81. The number of likely N-dealkylation sites (tertiary alicyclic amines) is 1. The summed E-state index contributed by atoms with van der Waals surface area (Å²) in [6, 6.07) is 5.96. The monoisotopic (exact) mass is 566 g/mol. The molecule has 1 N–H and O–H groups in total. The zero-order chi connectivity index (χ0) is 29.3. The number of hydrogen-bond donors (Lipinski definition) is 1. The van der Waals surface area contributed by atoms with Crippen molar-refractivity contribution in [3.05, 3.63) is 54.3 Å². The minimum atomic E-state index is -0.899. The maximum atomic E-state index is 12.7. The molecule has 41 heavy (non-hydrogen) atoms. The molecule has 1 saturated heterocycles. The lowest BCUT2D eigenvalue weighted by atomic mass is 9.98. The number of amides is 1. The van der Waals surface area contributed by atoms with Crippen LogP contribution in [0.5, 0.6) is 5.75 Å². The number of ether oxygens (including phenoxy) is 3. The van der Waals surface area contributed by atoms with Gasteiger partial charge in [-0.2, -0.15) is 0 Å². The van der Waals surface area contributed by atoms with Crippen molar-refractivity contribution in [1.29, 1.82) is 0 Å². The second kappa shape index (κ2) is 18.3. The van der Waals surface area contributed by atoms with Crippen molar-refractivity contribution >= 4 is 23.0 Å². The van der Waals surface area contributed by atoms with Gasteiger partial charge in [-0.3, -0.25) is 4.79 Å². The van der Waals surface area contributed by atoms with Crippen LogP contribution in [0.1, 0.15) is 109 Å². The smallest absolute Gasteiger partial charge is 0.412 e. The molecule has 1 aromatic carbocycles. The molecule has 1 amide bonds. The van der Waals surface area contributed by atoms with E-state index in [4.69, 9.17) is 14.2 Å². The Morgan fingerprint density at radius 3 is 2.49 bits per heavy atom. The van der Waals surface area contributed by atoms with Crippen molar-refractivity contribution in [2.24, 2.45) is 0 Å². The van der Waals surface area contributed by atoms with Crippen LogP contribution in [0.2, 0.25) is 0 Å². The first kappa shape index (κ1) is 32.3. The van der Waals surface area contributed by atoms with Gasteiger partial charge in [-0.15, -0.1) is 0 Å². The average molecular weight is 567 g/mol. The quantitative estimate of drug-likeness (QED) is 0.0844. The fourth-order valence-electron chi connectivity index (χ4n) is 5.33. The number of fused-ring (bicyclic) bond motifs is 1. The third-order valence-electron chi connectivity index (χ3n) is 7.70. The number of benzene rings is 1. The molecule has 1 aliphatic rings. The van der Waals surface area contributed by atoms with Crippen LogP contribution in [0, 0.1) is 0 Å². The number of esters is 1. The van der Waals surface area contributed by atoms with E-state index in [2.05, 4.69) is 36.2 Å². The van der Waals surface area contributed by atoms with Crippen LogP contribution in [0.15, 0.2) is 48.7 Å². The first-order valence-corrected chi connectivity index (χ1v) is 15.6. The molecule has 2 heterocycles. The molecule has 0 aliphatic carbocycles. The Morgan fingerprint density at radius 1 is 1.00 bits per heavy atom. The molecule has 2 aromatic rings. The minimum absolute atomic E-state index is 0.208. The van der Waals surface area contributed by atoms with Gasteiger partial charge in [0, 0.05) is 49.5 Å². The molecule has 7 nitrogen and oxygen atoms in total. The Hall–Kier alpha value is -3.22. The van der Waals surface area contributed by atoms with Crippen LogP contribution in [0.3, 0.4) is 0 Å². The van der Waals surface area contributed by atoms with Gasteiger partial charge in [0.1, 0.15) is 5.75 Å². The highest BCUT2D eigenvalue weighted by Gasteiger charge is 2.31. The summed E-state index contributed by atoms with van der Waals surface area (Å²) in [4.78, 5) is 29.9. The van der Waals surface area contributed by atoms with Gasteiger partial charge in [0.15, 0.2) is 0 Å². The van der Waals surface area contributed by atoms with E-state index in [-0.39, 0.29) is 11.9 Å². The number of nitrogens with one attached hydrogen (secondary N) is 1. The van der Waals surface area contributed by atoms with Gasteiger partial charge in [0.05, 0.1) is 7.11 Å². The number of unbranched alkanes of at least 4 members (excludes halogenated alkanes) is 8. The molecule has 0 saturated carbocycles. The van der Waals surface area contributed by atoms with E-state index in [0.29, 0.717) is 19.5 Å². The number of nitrogens with zero attached hydrogens (tertiary/aromatic N) is 1. The van der Waals surface area contributed by atoms with Crippen molar-refractivity contribution in [1.82, 2.24) is 9.88 Å². The third kappa shape index (κ3) is 11.3. The largest absolute Gasteiger partial charge is 0.497 e. The van der Waals surface area contributed by atoms with E-state index in [9.17, 15) is 9.59 Å². The molecular weight excluding hydrogens is 516 g/mol. The van der Waals surface area contributed by atoms with Crippen LogP contribution >= 0.6 is 0 Å². The van der Waals surface area contributed by atoms with Crippen LogP contribution in [0.4, 0.5) is 4.79 Å². The molecular formula is C34H50N2O5. The van der Waals surface area contributed by atoms with E-state index >= 15 is 0 Å². The van der Waals surface area contributed by atoms with E-state index < -0.39 is 12.4 Å². The summed E-state index contributed by atoms with van der Waals surface area (Å²) in [5, 5.41) is 1.11. The molecule has 226 valence electrons. The topological polar surface area (TPSA) is 80.9 Å².